The van der Waals surface area contributed by atoms with Gasteiger partial charge in [-0.2, -0.15) is 0 Å². The molecule has 1 rings (SSSR count). The quantitative estimate of drug-likeness (QED) is 0.612. The molecule has 0 aromatic heterocycles. The maximum atomic E-state index is 11.7. The molecule has 0 aliphatic carbocycles. The summed E-state index contributed by atoms with van der Waals surface area (Å²) >= 11 is 3.47. The van der Waals surface area contributed by atoms with E-state index in [-0.39, 0.29) is 6.17 Å². The van der Waals surface area contributed by atoms with Crippen LogP contribution < -0.4 is 10.6 Å². The monoisotopic (exact) mass is 367 g/mol. The van der Waals surface area contributed by atoms with Crippen molar-refractivity contribution in [1.29, 1.82) is 0 Å². The van der Waals surface area contributed by atoms with Crippen LogP contribution in [-0.4, -0.2) is 24.6 Å². The van der Waals surface area contributed by atoms with Gasteiger partial charge in [-0.15, -0.1) is 0 Å². The van der Waals surface area contributed by atoms with Gasteiger partial charge in [0, 0.05) is 16.2 Å². The Kier molecular flexibility index (Phi) is 6.61. The van der Waals surface area contributed by atoms with E-state index in [4.69, 9.17) is 4.74 Å². The summed E-state index contributed by atoms with van der Waals surface area (Å²) in [6, 6.07) is 7.70. The molecule has 0 heterocycles. The minimum atomic E-state index is -0.525. The van der Waals surface area contributed by atoms with Gasteiger partial charge in [0.15, 0.2) is 0 Å². The third-order valence-electron chi connectivity index (χ3n) is 2.52. The lowest BCUT2D eigenvalue weighted by Gasteiger charge is -2.22. The zero-order valence-corrected chi connectivity index (χ0v) is 14.9. The largest absolute Gasteiger partial charge is 0.444 e. The number of alkyl carbamates (subject to hydrolysis) is 1. The molecule has 0 aliphatic heterocycles. The smallest absolute Gasteiger partial charge is 0.409 e. The van der Waals surface area contributed by atoms with Crippen LogP contribution in [-0.2, 0) is 4.74 Å². The van der Waals surface area contributed by atoms with Crippen LogP contribution in [0.15, 0.2) is 39.9 Å². The van der Waals surface area contributed by atoms with E-state index in [1.54, 1.807) is 13.1 Å². The van der Waals surface area contributed by atoms with Gasteiger partial charge in [-0.25, -0.2) is 4.79 Å². The zero-order chi connectivity index (χ0) is 16.8. The molecule has 0 saturated heterocycles. The highest BCUT2D eigenvalue weighted by Gasteiger charge is 2.17. The van der Waals surface area contributed by atoms with Crippen LogP contribution in [0.3, 0.4) is 0 Å². The molecule has 0 aliphatic rings. The van der Waals surface area contributed by atoms with Gasteiger partial charge in [0.05, 0.1) is 11.9 Å². The number of nitrogens with one attached hydrogen (secondary N) is 2. The predicted molar refractivity (Wildman–Crippen MR) is 93.6 cm³/mol. The Bertz CT molecular complexity index is 565. The maximum absolute atomic E-state index is 11.7. The van der Waals surface area contributed by atoms with Crippen molar-refractivity contribution in [3.05, 3.63) is 40.5 Å². The summed E-state index contributed by atoms with van der Waals surface area (Å²) in [5.74, 6) is 0. The van der Waals surface area contributed by atoms with E-state index in [0.717, 1.165) is 10.0 Å². The van der Waals surface area contributed by atoms with Gasteiger partial charge in [-0.05, 0) is 40.5 Å². The molecule has 0 bridgehead atoms. The highest BCUT2D eigenvalue weighted by Crippen LogP contribution is 2.24. The second-order valence-electron chi connectivity index (χ2n) is 5.70. The third-order valence-corrected chi connectivity index (χ3v) is 3.21. The third kappa shape index (κ3) is 6.30. The van der Waals surface area contributed by atoms with Crippen LogP contribution >= 0.6 is 15.9 Å². The number of benzene rings is 1. The Labute approximate surface area is 140 Å². The average Bonchev–Trinajstić information content (AvgIpc) is 2.38. The molecule has 1 aromatic rings. The van der Waals surface area contributed by atoms with Crippen molar-refractivity contribution < 1.29 is 9.53 Å². The van der Waals surface area contributed by atoms with Crippen LogP contribution in [0.2, 0.25) is 0 Å². The second-order valence-corrected chi connectivity index (χ2v) is 6.56. The number of carbonyl (C=O) groups excluding carboxylic acids is 1. The Balaban J connectivity index is 2.67. The number of ether oxygens (including phenoxy) is 1. The summed E-state index contributed by atoms with van der Waals surface area (Å²) in [4.78, 5) is 15.7. The van der Waals surface area contributed by atoms with Crippen LogP contribution in [0.4, 0.5) is 4.79 Å². The first-order valence-corrected chi connectivity index (χ1v) is 7.69. The summed E-state index contributed by atoms with van der Waals surface area (Å²) < 4.78 is 6.11. The topological polar surface area (TPSA) is 62.7 Å². The van der Waals surface area contributed by atoms with Gasteiger partial charge >= 0.3 is 6.09 Å². The predicted octanol–water partition coefficient (Wildman–Crippen LogP) is 3.91. The molecule has 120 valence electrons. The molecule has 1 amide bonds. The summed E-state index contributed by atoms with van der Waals surface area (Å²) in [5.41, 5.74) is 1.06. The zero-order valence-electron chi connectivity index (χ0n) is 13.3. The number of aliphatic imine (C=N–C) groups is 1. The molecule has 0 fully saturated rings. The molecule has 0 radical (unpaired) electrons. The number of amides is 1. The number of hydrogen-bond acceptors (Lipinski definition) is 4. The molecule has 6 heteroatoms. The fourth-order valence-electron chi connectivity index (χ4n) is 1.61. The number of nitrogens with zero attached hydrogens (tertiary/aromatic N) is 1. The molecule has 22 heavy (non-hydrogen) atoms. The molecular weight excluding hydrogens is 346 g/mol. The Morgan fingerprint density at radius 2 is 2.05 bits per heavy atom. The maximum Gasteiger partial charge on any atom is 0.409 e. The summed E-state index contributed by atoms with van der Waals surface area (Å²) in [7, 11) is 0. The molecule has 1 atom stereocenters. The van der Waals surface area contributed by atoms with E-state index in [9.17, 15) is 4.79 Å². The highest BCUT2D eigenvalue weighted by molar-refractivity contribution is 9.10. The lowest BCUT2D eigenvalue weighted by atomic mass is 10.2. The van der Waals surface area contributed by atoms with Crippen molar-refractivity contribution in [3.8, 4) is 0 Å². The van der Waals surface area contributed by atoms with E-state index in [1.807, 2.05) is 45.0 Å². The van der Waals surface area contributed by atoms with Crippen LogP contribution in [0, 0.1) is 0 Å². The standard InChI is InChI=1S/C16H22BrN3O2/c1-11(20-15(21)22-16(2,3)4)19-10-14(18-5)12-8-6-7-9-13(12)17/h6-11,19H,5H2,1-4H3,(H,20,21)/b14-10-. The number of halogens is 1. The van der Waals surface area contributed by atoms with Crippen LogP contribution in [0.5, 0.6) is 0 Å². The fourth-order valence-corrected chi connectivity index (χ4v) is 2.10. The Morgan fingerprint density at radius 3 is 2.59 bits per heavy atom. The summed E-state index contributed by atoms with van der Waals surface area (Å²) in [6.07, 6.45) is 0.916. The normalized spacial score (nSPS) is 13.2. The second kappa shape index (κ2) is 7.98. The van der Waals surface area contributed by atoms with Crippen molar-refractivity contribution >= 4 is 34.4 Å². The SMILES string of the molecule is C=N/C(=C\NC(C)NC(=O)OC(C)(C)C)c1ccccc1Br. The minimum absolute atomic E-state index is 0.311. The lowest BCUT2D eigenvalue weighted by Crippen LogP contribution is -2.43. The number of hydrogen-bond donors (Lipinski definition) is 2. The van der Waals surface area contributed by atoms with E-state index < -0.39 is 11.7 Å². The molecule has 2 N–H and O–H groups in total. The number of carbonyl (C=O) groups is 1. The van der Waals surface area contributed by atoms with Crippen molar-refractivity contribution in [2.45, 2.75) is 39.5 Å². The lowest BCUT2D eigenvalue weighted by molar-refractivity contribution is 0.0503. The molecular formula is C16H22BrN3O2. The summed E-state index contributed by atoms with van der Waals surface area (Å²) in [6.45, 7) is 10.8. The van der Waals surface area contributed by atoms with Gasteiger partial charge < -0.3 is 15.4 Å². The first kappa shape index (κ1) is 18.2. The van der Waals surface area contributed by atoms with E-state index in [0.29, 0.717) is 5.70 Å². The van der Waals surface area contributed by atoms with Gasteiger partial charge in [-0.1, -0.05) is 34.1 Å². The fraction of sp³-hybridized carbons (Fsp3) is 0.375. The van der Waals surface area contributed by atoms with E-state index >= 15 is 0 Å². The Hall–Kier alpha value is -1.82. The van der Waals surface area contributed by atoms with Crippen molar-refractivity contribution in [2.24, 2.45) is 4.99 Å². The van der Waals surface area contributed by atoms with Crippen molar-refractivity contribution in [1.82, 2.24) is 10.6 Å². The molecule has 1 aromatic carbocycles. The first-order chi connectivity index (χ1) is 10.2. The molecule has 1 unspecified atom stereocenters. The first-order valence-electron chi connectivity index (χ1n) is 6.90. The van der Waals surface area contributed by atoms with Crippen LogP contribution in [0.1, 0.15) is 33.3 Å². The minimum Gasteiger partial charge on any atom is -0.444 e. The summed E-state index contributed by atoms with van der Waals surface area (Å²) in [5, 5.41) is 5.74. The molecule has 0 spiro atoms. The average molecular weight is 368 g/mol. The van der Waals surface area contributed by atoms with E-state index in [2.05, 4.69) is 38.3 Å². The van der Waals surface area contributed by atoms with Gasteiger partial charge in [-0.3, -0.25) is 4.99 Å². The van der Waals surface area contributed by atoms with E-state index in [1.165, 1.54) is 0 Å². The van der Waals surface area contributed by atoms with Gasteiger partial charge in [0.1, 0.15) is 5.60 Å². The molecule has 5 nitrogen and oxygen atoms in total. The van der Waals surface area contributed by atoms with Crippen LogP contribution in [0.25, 0.3) is 5.70 Å². The highest BCUT2D eigenvalue weighted by atomic mass is 79.9. The molecule has 0 saturated carbocycles. The number of rotatable bonds is 5. The van der Waals surface area contributed by atoms with Crippen molar-refractivity contribution in [2.75, 3.05) is 0 Å². The van der Waals surface area contributed by atoms with Gasteiger partial charge in [0.2, 0.25) is 0 Å². The van der Waals surface area contributed by atoms with Crippen molar-refractivity contribution in [3.63, 3.8) is 0 Å². The Morgan fingerprint density at radius 1 is 1.41 bits per heavy atom. The van der Waals surface area contributed by atoms with Gasteiger partial charge in [0.25, 0.3) is 0 Å².